The summed E-state index contributed by atoms with van der Waals surface area (Å²) in [7, 11) is -12.9. The standard InChI is InChI=1S/C45H62ClN11O10S3/c1-44(2)38-29-34(46)32-55(24-14-28-69(62,63)64)43(38)51-40(44)15-6-4-7-16-41-45(3,20-9-11-27-68(59,60)61)37-30-36(70(65,66)67)18-19-39(37)57(41)26-10-5-8-17-42(58)49-22-13-25-56-33-35(52-54-56)31-48-21-12-23-50-53-47/h4,6-7,15-16,18-19,29-30,32-33,48H,5,8-14,17,20-28,31H2,1-3H3,(H3-,49,58,59,60,61,62,63,64,65,66,67)/p+1. The maximum atomic E-state index is 12.8. The number of hydrogen-bond acceptors (Lipinski definition) is 13. The minimum atomic E-state index is -4.58. The number of halogens is 1. The molecule has 0 radical (unpaired) electrons. The van der Waals surface area contributed by atoms with Crippen LogP contribution in [0.5, 0.6) is 0 Å². The normalized spacial score (nSPS) is 17.3. The van der Waals surface area contributed by atoms with Gasteiger partial charge in [0, 0.05) is 73.5 Å². The summed E-state index contributed by atoms with van der Waals surface area (Å²) >= 11 is 6.47. The third-order valence-electron chi connectivity index (χ3n) is 12.2. The van der Waals surface area contributed by atoms with Crippen molar-refractivity contribution in [3.05, 3.63) is 105 Å². The van der Waals surface area contributed by atoms with Crippen molar-refractivity contribution in [3.8, 4) is 0 Å². The van der Waals surface area contributed by atoms with Gasteiger partial charge in [-0.05, 0) is 118 Å². The second kappa shape index (κ2) is 24.9. The van der Waals surface area contributed by atoms with Crippen molar-refractivity contribution < 1.29 is 48.3 Å². The van der Waals surface area contributed by atoms with Crippen molar-refractivity contribution >= 4 is 65.1 Å². The summed E-state index contributed by atoms with van der Waals surface area (Å²) < 4.78 is 103. The Hall–Kier alpha value is -5.04. The molecule has 2 aliphatic heterocycles. The lowest BCUT2D eigenvalue weighted by Gasteiger charge is -2.30. The van der Waals surface area contributed by atoms with E-state index in [1.54, 1.807) is 21.5 Å². The Morgan fingerprint density at radius 2 is 1.66 bits per heavy atom. The summed E-state index contributed by atoms with van der Waals surface area (Å²) in [6, 6.07) is 6.27. The predicted octanol–water partition coefficient (Wildman–Crippen LogP) is 6.50. The van der Waals surface area contributed by atoms with E-state index in [0.717, 1.165) is 34.8 Å². The number of unbranched alkanes of at least 4 members (excludes halogenated alkanes) is 3. The highest BCUT2D eigenvalue weighted by molar-refractivity contribution is 7.86. The lowest BCUT2D eigenvalue weighted by atomic mass is 9.77. The number of amides is 1. The van der Waals surface area contributed by atoms with Crippen LogP contribution in [0, 0.1) is 0 Å². The number of aryl methyl sites for hydroxylation is 2. The maximum Gasteiger partial charge on any atom is 0.327 e. The first-order chi connectivity index (χ1) is 33.0. The van der Waals surface area contributed by atoms with Crippen LogP contribution in [0.1, 0.15) is 102 Å². The molecule has 25 heteroatoms. The molecule has 2 aliphatic rings. The van der Waals surface area contributed by atoms with E-state index in [-0.39, 0.29) is 30.2 Å². The summed E-state index contributed by atoms with van der Waals surface area (Å²) in [5, 5.41) is 18.4. The number of azide groups is 1. The molecule has 21 nitrogen and oxygen atoms in total. The van der Waals surface area contributed by atoms with Gasteiger partial charge in [-0.1, -0.05) is 53.0 Å². The average Bonchev–Trinajstić information content (AvgIpc) is 3.90. The number of aliphatic imine (C=N–C) groups is 1. The molecule has 0 aliphatic carbocycles. The number of carbonyl (C=O) groups is 1. The van der Waals surface area contributed by atoms with Crippen LogP contribution in [0.25, 0.3) is 10.4 Å². The number of benzene rings is 1. The fraction of sp³-hybridized carbons (Fsp3) is 0.533. The fourth-order valence-corrected chi connectivity index (χ4v) is 10.4. The molecule has 382 valence electrons. The molecular formula is C45H63ClN11O10S3+. The Morgan fingerprint density at radius 3 is 2.39 bits per heavy atom. The molecule has 1 atom stereocenters. The third kappa shape index (κ3) is 16.2. The first-order valence-corrected chi connectivity index (χ1v) is 28.1. The first kappa shape index (κ1) is 55.9. The van der Waals surface area contributed by atoms with Gasteiger partial charge >= 0.3 is 5.82 Å². The Labute approximate surface area is 415 Å². The fourth-order valence-electron chi connectivity index (χ4n) is 8.58. The van der Waals surface area contributed by atoms with Crippen LogP contribution in [-0.2, 0) is 65.6 Å². The Morgan fingerprint density at radius 1 is 0.900 bits per heavy atom. The number of carbonyl (C=O) groups excluding carboxylic acids is 1. The van der Waals surface area contributed by atoms with E-state index in [4.69, 9.17) is 22.1 Å². The molecule has 0 spiro atoms. The van der Waals surface area contributed by atoms with Gasteiger partial charge in [0.25, 0.3) is 30.4 Å². The van der Waals surface area contributed by atoms with Crippen molar-refractivity contribution in [2.45, 2.75) is 120 Å². The molecule has 4 heterocycles. The van der Waals surface area contributed by atoms with Crippen LogP contribution < -0.4 is 20.1 Å². The number of hydrogen-bond donors (Lipinski definition) is 5. The van der Waals surface area contributed by atoms with Gasteiger partial charge in [-0.3, -0.25) is 23.1 Å². The second-order valence-corrected chi connectivity index (χ2v) is 23.0. The third-order valence-corrected chi connectivity index (χ3v) is 14.9. The van der Waals surface area contributed by atoms with E-state index in [1.807, 2.05) is 63.4 Å². The monoisotopic (exact) mass is 1050 g/mol. The maximum absolute atomic E-state index is 12.8. The minimum absolute atomic E-state index is 0.0702. The number of nitrogens with zero attached hydrogens (tertiary/aromatic N) is 9. The highest BCUT2D eigenvalue weighted by Crippen LogP contribution is 2.51. The van der Waals surface area contributed by atoms with Gasteiger partial charge in [0.05, 0.1) is 44.6 Å². The van der Waals surface area contributed by atoms with Crippen LogP contribution in [0.15, 0.2) is 87.7 Å². The van der Waals surface area contributed by atoms with Crippen molar-refractivity contribution in [2.75, 3.05) is 42.6 Å². The summed E-state index contributed by atoms with van der Waals surface area (Å²) in [5.74, 6) is -0.290. The largest absolute Gasteiger partial charge is 0.356 e. The zero-order valence-corrected chi connectivity index (χ0v) is 42.8. The molecule has 2 aromatic heterocycles. The van der Waals surface area contributed by atoms with Crippen LogP contribution in [0.3, 0.4) is 0 Å². The molecular weight excluding hydrogens is 986 g/mol. The zero-order chi connectivity index (χ0) is 51.2. The van der Waals surface area contributed by atoms with Crippen molar-refractivity contribution in [3.63, 3.8) is 0 Å². The van der Waals surface area contributed by atoms with E-state index < -0.39 is 52.7 Å². The Balaban J connectivity index is 1.26. The van der Waals surface area contributed by atoms with E-state index in [0.29, 0.717) is 101 Å². The topological polar surface area (TPSA) is 303 Å². The highest BCUT2D eigenvalue weighted by atomic mass is 35.5. The van der Waals surface area contributed by atoms with Crippen LogP contribution in [0.2, 0.25) is 5.02 Å². The van der Waals surface area contributed by atoms with E-state index >= 15 is 0 Å². The minimum Gasteiger partial charge on any atom is -0.356 e. The highest BCUT2D eigenvalue weighted by Gasteiger charge is 2.44. The van der Waals surface area contributed by atoms with Gasteiger partial charge in [0.2, 0.25) is 5.91 Å². The molecule has 0 bridgehead atoms. The molecule has 3 aromatic rings. The number of rotatable bonds is 29. The summed E-state index contributed by atoms with van der Waals surface area (Å²) in [6.45, 7) is 9.40. The summed E-state index contributed by atoms with van der Waals surface area (Å²) in [5.41, 5.74) is 11.4. The van der Waals surface area contributed by atoms with Gasteiger partial charge in [-0.15, -0.1) is 5.10 Å². The second-order valence-electron chi connectivity index (χ2n) is 18.0. The summed E-state index contributed by atoms with van der Waals surface area (Å²) in [6.07, 6.45) is 17.5. The van der Waals surface area contributed by atoms with Crippen molar-refractivity contribution in [1.82, 2.24) is 25.6 Å². The van der Waals surface area contributed by atoms with Crippen molar-refractivity contribution in [2.24, 2.45) is 10.1 Å². The molecule has 1 aromatic carbocycles. The zero-order valence-electron chi connectivity index (χ0n) is 39.6. The van der Waals surface area contributed by atoms with Crippen LogP contribution in [-0.4, -0.2) is 103 Å². The molecule has 5 N–H and O–H groups in total. The van der Waals surface area contributed by atoms with Crippen LogP contribution >= 0.6 is 11.6 Å². The number of nitrogens with one attached hydrogen (secondary N) is 2. The summed E-state index contributed by atoms with van der Waals surface area (Å²) in [4.78, 5) is 22.2. The van der Waals surface area contributed by atoms with Crippen molar-refractivity contribution in [1.29, 1.82) is 0 Å². The number of aromatic nitrogens is 4. The Bertz CT molecular complexity index is 2860. The molecule has 0 saturated heterocycles. The predicted molar refractivity (Wildman–Crippen MR) is 267 cm³/mol. The molecule has 70 heavy (non-hydrogen) atoms. The molecule has 1 unspecified atom stereocenters. The van der Waals surface area contributed by atoms with Gasteiger partial charge in [-0.25, -0.2) is 4.57 Å². The lowest BCUT2D eigenvalue weighted by molar-refractivity contribution is -0.684. The van der Waals surface area contributed by atoms with E-state index in [9.17, 15) is 43.7 Å². The average molecular weight is 1050 g/mol. The molecule has 0 fully saturated rings. The SMILES string of the molecule is CC1(C)C(/C=C/C=C/C=C2/N(CCCCCC(=O)NCCCn3cc(CNCCCN=[N+]=[N-])nn3)c3ccc(S(=O)(=O)O)cc3C2(C)CCCCS(=O)(=O)O)=Nc2c1cc(Cl)c[n+]2CCCS(=O)(=O)O. The lowest BCUT2D eigenvalue weighted by Crippen LogP contribution is -2.36. The van der Waals surface area contributed by atoms with E-state index in [1.165, 1.54) is 12.1 Å². The van der Waals surface area contributed by atoms with Gasteiger partial charge in [0.15, 0.2) is 5.71 Å². The number of fused-ring (bicyclic) bond motifs is 2. The van der Waals surface area contributed by atoms with E-state index in [2.05, 4.69) is 35.9 Å². The number of anilines is 1. The van der Waals surface area contributed by atoms with Gasteiger partial charge in [-0.2, -0.15) is 25.3 Å². The van der Waals surface area contributed by atoms with Gasteiger partial charge < -0.3 is 15.5 Å². The molecule has 5 rings (SSSR count). The number of allylic oxidation sites excluding steroid dienone is 6. The number of pyridine rings is 1. The molecule has 0 saturated carbocycles. The first-order valence-electron chi connectivity index (χ1n) is 23.1. The smallest absolute Gasteiger partial charge is 0.327 e. The van der Waals surface area contributed by atoms with Crippen LogP contribution in [0.4, 0.5) is 11.5 Å². The molecule has 1 amide bonds. The quantitative estimate of drug-likeness (QED) is 0.00944. The Kier molecular flexibility index (Phi) is 19.9. The van der Waals surface area contributed by atoms with Gasteiger partial charge in [0.1, 0.15) is 6.20 Å².